The Hall–Kier alpha value is -6.26. The second-order valence-electron chi connectivity index (χ2n) is 13.3. The molecule has 0 spiro atoms. The van der Waals surface area contributed by atoms with Crippen molar-refractivity contribution in [2.75, 3.05) is 31.1 Å². The number of nitrogens with zero attached hydrogens (tertiary/aromatic N) is 2. The zero-order chi connectivity index (χ0) is 44.8. The van der Waals surface area contributed by atoms with Crippen LogP contribution in [0, 0.1) is 10.1 Å². The number of carbonyl (C=O) groups is 10. The van der Waals surface area contributed by atoms with E-state index in [1.165, 1.54) is 6.07 Å². The van der Waals surface area contributed by atoms with Crippen molar-refractivity contribution in [3.63, 3.8) is 0 Å². The molecule has 2 fully saturated rings. The molecular weight excluding hydrogens is 843 g/mol. The summed E-state index contributed by atoms with van der Waals surface area (Å²) in [4.78, 5) is 139. The third-order valence-corrected chi connectivity index (χ3v) is 11.1. The number of aliphatic hydroxyl groups is 1. The number of nitrogens with two attached hydrogens (primary N) is 3. The second-order valence-corrected chi connectivity index (χ2v) is 15.9. The minimum absolute atomic E-state index is 0.0308. The molecular formula is C32H43N11O15S2. The Morgan fingerprint density at radius 2 is 1.45 bits per heavy atom. The van der Waals surface area contributed by atoms with E-state index in [2.05, 4.69) is 31.9 Å². The fourth-order valence-electron chi connectivity index (χ4n) is 5.67. The van der Waals surface area contributed by atoms with Crippen molar-refractivity contribution in [1.29, 1.82) is 0 Å². The minimum atomic E-state index is -1.76. The molecule has 1 aromatic rings. The van der Waals surface area contributed by atoms with Gasteiger partial charge in [-0.25, -0.2) is 0 Å². The number of aliphatic carboxylic acids is 1. The van der Waals surface area contributed by atoms with Gasteiger partial charge in [0.2, 0.25) is 53.2 Å². The van der Waals surface area contributed by atoms with Crippen molar-refractivity contribution in [3.05, 3.63) is 33.9 Å². The maximum absolute atomic E-state index is 13.5. The normalized spacial score (nSPS) is 25.9. The maximum atomic E-state index is 13.5. The summed E-state index contributed by atoms with van der Waals surface area (Å²) in [6, 6.07) is -6.32. The number of amides is 9. The molecule has 0 bridgehead atoms. The summed E-state index contributed by atoms with van der Waals surface area (Å²) in [6.45, 7) is -2.20. The smallest absolute Gasteiger partial charge is 0.310 e. The van der Waals surface area contributed by atoms with Gasteiger partial charge in [-0.15, -0.1) is 0 Å². The first kappa shape index (κ1) is 48.1. The Bertz CT molecular complexity index is 1890. The molecule has 2 heterocycles. The highest BCUT2D eigenvalue weighted by molar-refractivity contribution is 8.76. The summed E-state index contributed by atoms with van der Waals surface area (Å²) in [5.74, 6) is -12.2. The largest absolute Gasteiger partial charge is 0.502 e. The van der Waals surface area contributed by atoms with Gasteiger partial charge < -0.3 is 69.3 Å². The Morgan fingerprint density at radius 3 is 2.08 bits per heavy atom. The molecule has 0 saturated carbocycles. The molecule has 26 nitrogen and oxygen atoms in total. The van der Waals surface area contributed by atoms with E-state index in [9.17, 15) is 73.4 Å². The number of nitrogens with one attached hydrogen (secondary N) is 6. The number of phenols is 1. The first-order valence-corrected chi connectivity index (χ1v) is 20.1. The number of primary amides is 2. The van der Waals surface area contributed by atoms with Gasteiger partial charge in [-0.1, -0.05) is 27.7 Å². The highest BCUT2D eigenvalue weighted by Gasteiger charge is 2.41. The van der Waals surface area contributed by atoms with E-state index in [1.807, 2.05) is 0 Å². The van der Waals surface area contributed by atoms with Gasteiger partial charge in [-0.05, 0) is 11.6 Å². The highest BCUT2D eigenvalue weighted by atomic mass is 33.1. The van der Waals surface area contributed by atoms with E-state index >= 15 is 0 Å². The molecule has 328 valence electrons. The fraction of sp³-hybridized carbons (Fsp3) is 0.500. The quantitative estimate of drug-likeness (QED) is 0.0656. The highest BCUT2D eigenvalue weighted by Crippen LogP contribution is 2.27. The minimum Gasteiger partial charge on any atom is -0.502 e. The van der Waals surface area contributed by atoms with Gasteiger partial charge in [0.15, 0.2) is 5.75 Å². The molecule has 60 heavy (non-hydrogen) atoms. The molecule has 0 radical (unpaired) electrons. The van der Waals surface area contributed by atoms with E-state index in [-0.39, 0.29) is 23.5 Å². The molecule has 1 aromatic carbocycles. The van der Waals surface area contributed by atoms with E-state index in [0.29, 0.717) is 0 Å². The number of phenolic OH excluding ortho intramolecular Hbond substituents is 1. The third kappa shape index (κ3) is 14.5. The number of nitro groups is 1. The van der Waals surface area contributed by atoms with E-state index < -0.39 is 157 Å². The monoisotopic (exact) mass is 885 g/mol. The van der Waals surface area contributed by atoms with Crippen molar-refractivity contribution in [2.24, 2.45) is 17.2 Å². The summed E-state index contributed by atoms with van der Waals surface area (Å²) < 4.78 is 0. The Labute approximate surface area is 346 Å². The molecule has 15 N–H and O–H groups in total. The Kier molecular flexibility index (Phi) is 17.8. The number of carbonyl (C=O) groups excluding carboxylic acids is 9. The van der Waals surface area contributed by atoms with Crippen molar-refractivity contribution in [3.8, 4) is 5.75 Å². The zero-order valence-electron chi connectivity index (χ0n) is 31.3. The number of nitro benzene ring substituents is 1. The lowest BCUT2D eigenvalue weighted by Crippen LogP contribution is -2.58. The van der Waals surface area contributed by atoms with Crippen LogP contribution in [0.1, 0.15) is 24.8 Å². The van der Waals surface area contributed by atoms with Crippen LogP contribution in [-0.2, 0) is 54.4 Å². The summed E-state index contributed by atoms with van der Waals surface area (Å²) in [7, 11) is 1.82. The maximum Gasteiger partial charge on any atom is 0.310 e. The Balaban J connectivity index is 1.96. The molecule has 2 aliphatic rings. The number of carboxylic acids is 1. The van der Waals surface area contributed by atoms with Crippen LogP contribution in [0.2, 0.25) is 0 Å². The van der Waals surface area contributed by atoms with Crippen LogP contribution in [0.15, 0.2) is 18.2 Å². The lowest BCUT2D eigenvalue weighted by Gasteiger charge is -2.27. The van der Waals surface area contributed by atoms with Crippen molar-refractivity contribution >= 4 is 86.4 Å². The van der Waals surface area contributed by atoms with Gasteiger partial charge in [0.25, 0.3) is 0 Å². The van der Waals surface area contributed by atoms with Crippen LogP contribution in [0.25, 0.3) is 0 Å². The van der Waals surface area contributed by atoms with Gasteiger partial charge in [0, 0.05) is 37.0 Å². The molecule has 7 atom stereocenters. The summed E-state index contributed by atoms with van der Waals surface area (Å²) in [6.07, 6.45) is -3.87. The van der Waals surface area contributed by atoms with Crippen LogP contribution in [-0.4, -0.2) is 158 Å². The van der Waals surface area contributed by atoms with Crippen molar-refractivity contribution in [1.82, 2.24) is 36.8 Å². The Morgan fingerprint density at radius 1 is 0.833 bits per heavy atom. The average molecular weight is 886 g/mol. The molecule has 1 unspecified atom stereocenters. The summed E-state index contributed by atoms with van der Waals surface area (Å²) >= 11 is 0. The molecule has 0 aliphatic carbocycles. The molecule has 9 amide bonds. The number of hydrogen-bond donors (Lipinski definition) is 12. The molecule has 2 saturated heterocycles. The summed E-state index contributed by atoms with van der Waals surface area (Å²) in [5, 5.41) is 54.5. The van der Waals surface area contributed by atoms with E-state index in [4.69, 9.17) is 17.2 Å². The predicted octanol–water partition coefficient (Wildman–Crippen LogP) is -6.47. The van der Waals surface area contributed by atoms with Gasteiger partial charge >= 0.3 is 11.7 Å². The van der Waals surface area contributed by atoms with Gasteiger partial charge in [-0.2, -0.15) is 0 Å². The van der Waals surface area contributed by atoms with Crippen LogP contribution >= 0.6 is 21.6 Å². The first-order chi connectivity index (χ1) is 28.2. The number of fused-ring (bicyclic) bond motifs is 1. The zero-order valence-corrected chi connectivity index (χ0v) is 33.0. The van der Waals surface area contributed by atoms with E-state index in [1.54, 1.807) is 0 Å². The van der Waals surface area contributed by atoms with Crippen molar-refractivity contribution < 1.29 is 68.2 Å². The van der Waals surface area contributed by atoms with Gasteiger partial charge in [-0.3, -0.25) is 58.1 Å². The topological polar surface area (TPSA) is 428 Å². The number of benzene rings is 1. The second kappa shape index (κ2) is 22.2. The van der Waals surface area contributed by atoms with Crippen LogP contribution in [0.3, 0.4) is 0 Å². The predicted molar refractivity (Wildman–Crippen MR) is 206 cm³/mol. The van der Waals surface area contributed by atoms with Crippen LogP contribution < -0.4 is 49.1 Å². The molecule has 2 aliphatic heterocycles. The van der Waals surface area contributed by atoms with Crippen LogP contribution in [0.4, 0.5) is 5.69 Å². The fourth-order valence-corrected chi connectivity index (χ4v) is 7.97. The average Bonchev–Trinajstić information content (AvgIpc) is 3.57. The molecule has 3 rings (SSSR count). The van der Waals surface area contributed by atoms with E-state index in [0.717, 1.165) is 38.6 Å². The summed E-state index contributed by atoms with van der Waals surface area (Å²) in [5.41, 5.74) is 15.9. The number of rotatable bonds is 8. The number of hydrogen-bond acceptors (Lipinski definition) is 17. The lowest BCUT2D eigenvalue weighted by atomic mass is 10.0. The molecule has 0 aromatic heterocycles. The van der Waals surface area contributed by atoms with Gasteiger partial charge in [0.05, 0.1) is 43.0 Å². The lowest BCUT2D eigenvalue weighted by molar-refractivity contribution is -0.385. The standard InChI is InChI=1S/C32H43N11O15S2/c33-15-11-59-60-12-19(27(35)51)41-31(55)17(6-23(34)46)40-32(56)21-5-14(44)10-42(21)25(48)9-37-29(53)16(3-13-1-2-22(45)20(4-13)43(57)58)38-24(47)8-36-30(54)18(7-26(49)50)39-28(15)52/h1-2,4,14-19,21,44-45H,3,5-12,33H2,(H2,34,46)(H2,35,51)(H,36,54)(H,37,53)(H,38,47)(H,39,52)(H,40,56)(H,41,55)(H,49,50)/t14?,15-,16+,17+,18-,19-,21+/m1/s1. The number of aliphatic hydroxyl groups excluding tert-OH is 1. The number of carboxylic acid groups (broad SMARTS) is 1. The third-order valence-electron chi connectivity index (χ3n) is 8.68. The van der Waals surface area contributed by atoms with Gasteiger partial charge in [0.1, 0.15) is 30.2 Å². The van der Waals surface area contributed by atoms with Crippen molar-refractivity contribution in [2.45, 2.75) is 68.0 Å². The number of aromatic hydroxyl groups is 1. The first-order valence-electron chi connectivity index (χ1n) is 17.7. The molecule has 28 heteroatoms. The van der Waals surface area contributed by atoms with Crippen LogP contribution in [0.5, 0.6) is 5.75 Å². The SMILES string of the molecule is NC(=O)C[C@@H]1NC(=O)[C@@H]2CC(O)CN2C(=O)CNC(=O)[C@H](Cc2ccc(O)c([N+](=O)[O-])c2)NC(=O)CNC(=O)[C@@H](CC(=O)O)NC(=O)[C@H](N)CSSC[C@H](C(N)=O)NC1=O.